The van der Waals surface area contributed by atoms with Gasteiger partial charge in [0.2, 0.25) is 0 Å². The Balaban J connectivity index is 2.53. The van der Waals surface area contributed by atoms with Gasteiger partial charge in [0.1, 0.15) is 5.65 Å². The lowest BCUT2D eigenvalue weighted by Gasteiger charge is -2.11. The highest BCUT2D eigenvalue weighted by molar-refractivity contribution is 5.43. The molecule has 15 heavy (non-hydrogen) atoms. The van der Waals surface area contributed by atoms with E-state index in [4.69, 9.17) is 5.73 Å². The molecule has 0 radical (unpaired) electrons. The predicted molar refractivity (Wildman–Crippen MR) is 61.8 cm³/mol. The maximum Gasteiger partial charge on any atom is 0.137 e. The second-order valence-corrected chi connectivity index (χ2v) is 3.91. The second-order valence-electron chi connectivity index (χ2n) is 3.91. The van der Waals surface area contributed by atoms with E-state index < -0.39 is 0 Å². The van der Waals surface area contributed by atoms with Crippen LogP contribution in [-0.4, -0.2) is 9.38 Å². The lowest BCUT2D eigenvalue weighted by molar-refractivity contribution is 0.613. The monoisotopic (exact) mass is 203 g/mol. The van der Waals surface area contributed by atoms with Gasteiger partial charge in [-0.3, -0.25) is 0 Å². The topological polar surface area (TPSA) is 43.3 Å². The van der Waals surface area contributed by atoms with Crippen LogP contribution in [0.5, 0.6) is 0 Å². The highest BCUT2D eigenvalue weighted by atomic mass is 15.0. The van der Waals surface area contributed by atoms with Crippen molar-refractivity contribution in [1.82, 2.24) is 9.38 Å². The lowest BCUT2D eigenvalue weighted by atomic mass is 10.1. The van der Waals surface area contributed by atoms with Gasteiger partial charge in [0, 0.05) is 12.2 Å². The van der Waals surface area contributed by atoms with Crippen LogP contribution in [0.4, 0.5) is 0 Å². The molecule has 2 N–H and O–H groups in total. The Bertz CT molecular complexity index is 459. The highest BCUT2D eigenvalue weighted by Crippen LogP contribution is 2.20. The number of hydrogen-bond acceptors (Lipinski definition) is 2. The number of aryl methyl sites for hydroxylation is 1. The minimum Gasteiger partial charge on any atom is -0.323 e. The number of fused-ring (bicyclic) bond motifs is 1. The van der Waals surface area contributed by atoms with Gasteiger partial charge in [0.15, 0.2) is 0 Å². The molecule has 2 aromatic heterocycles. The predicted octanol–water partition coefficient (Wildman–Crippen LogP) is 2.44. The minimum atomic E-state index is 0.0902. The van der Waals surface area contributed by atoms with Crippen molar-refractivity contribution in [2.45, 2.75) is 32.7 Å². The molecule has 0 aliphatic carbocycles. The van der Waals surface area contributed by atoms with Gasteiger partial charge in [-0.2, -0.15) is 0 Å². The summed E-state index contributed by atoms with van der Waals surface area (Å²) in [7, 11) is 0. The fourth-order valence-corrected chi connectivity index (χ4v) is 2.03. The van der Waals surface area contributed by atoms with Crippen molar-refractivity contribution in [2.75, 3.05) is 0 Å². The van der Waals surface area contributed by atoms with Crippen LogP contribution in [0.1, 0.15) is 37.2 Å². The number of pyridine rings is 1. The molecule has 0 saturated heterocycles. The number of nitrogens with two attached hydrogens (primary N) is 1. The summed E-state index contributed by atoms with van der Waals surface area (Å²) in [5, 5.41) is 0. The Morgan fingerprint density at radius 1 is 1.47 bits per heavy atom. The third kappa shape index (κ3) is 1.75. The standard InChI is InChI=1S/C12H17N3/c1-3-6-10(13)12-9(2)14-11-7-4-5-8-15(11)12/h4-5,7-8,10H,3,6,13H2,1-2H3. The summed E-state index contributed by atoms with van der Waals surface area (Å²) < 4.78 is 2.09. The van der Waals surface area contributed by atoms with Crippen LogP contribution < -0.4 is 5.73 Å². The molecule has 0 saturated carbocycles. The van der Waals surface area contributed by atoms with E-state index in [1.165, 1.54) is 0 Å². The molecule has 1 atom stereocenters. The average Bonchev–Trinajstić information content (AvgIpc) is 2.54. The largest absolute Gasteiger partial charge is 0.323 e. The Kier molecular flexibility index (Phi) is 2.73. The molecular formula is C12H17N3. The van der Waals surface area contributed by atoms with Crippen molar-refractivity contribution in [2.24, 2.45) is 5.73 Å². The maximum atomic E-state index is 6.16. The van der Waals surface area contributed by atoms with E-state index in [1.54, 1.807) is 0 Å². The normalized spacial score (nSPS) is 13.3. The molecule has 0 fully saturated rings. The third-order valence-electron chi connectivity index (χ3n) is 2.70. The van der Waals surface area contributed by atoms with Crippen molar-refractivity contribution >= 4 is 5.65 Å². The molecule has 2 rings (SSSR count). The third-order valence-corrected chi connectivity index (χ3v) is 2.70. The van der Waals surface area contributed by atoms with Gasteiger partial charge in [-0.05, 0) is 25.5 Å². The average molecular weight is 203 g/mol. The number of rotatable bonds is 3. The Morgan fingerprint density at radius 2 is 2.27 bits per heavy atom. The zero-order valence-electron chi connectivity index (χ0n) is 9.27. The molecule has 0 amide bonds. The fraction of sp³-hybridized carbons (Fsp3) is 0.417. The molecule has 0 aliphatic rings. The van der Waals surface area contributed by atoms with Gasteiger partial charge >= 0.3 is 0 Å². The smallest absolute Gasteiger partial charge is 0.137 e. The van der Waals surface area contributed by atoms with Crippen molar-refractivity contribution in [3.05, 3.63) is 35.8 Å². The van der Waals surface area contributed by atoms with Crippen LogP contribution in [0.3, 0.4) is 0 Å². The lowest BCUT2D eigenvalue weighted by Crippen LogP contribution is -2.13. The van der Waals surface area contributed by atoms with Gasteiger partial charge in [0.25, 0.3) is 0 Å². The SMILES string of the molecule is CCCC(N)c1c(C)nc2ccccn12. The van der Waals surface area contributed by atoms with Gasteiger partial charge in [-0.15, -0.1) is 0 Å². The second kappa shape index (κ2) is 4.03. The van der Waals surface area contributed by atoms with Crippen molar-refractivity contribution in [3.63, 3.8) is 0 Å². The van der Waals surface area contributed by atoms with Crippen molar-refractivity contribution < 1.29 is 0 Å². The molecule has 0 aliphatic heterocycles. The number of hydrogen-bond donors (Lipinski definition) is 1. The molecule has 80 valence electrons. The Hall–Kier alpha value is -1.35. The fourth-order valence-electron chi connectivity index (χ4n) is 2.03. The van der Waals surface area contributed by atoms with Gasteiger partial charge in [-0.25, -0.2) is 4.98 Å². The van der Waals surface area contributed by atoms with Crippen LogP contribution in [0.25, 0.3) is 5.65 Å². The van der Waals surface area contributed by atoms with Crippen LogP contribution in [0.15, 0.2) is 24.4 Å². The Labute approximate surface area is 89.9 Å². The molecule has 3 heteroatoms. The van der Waals surface area contributed by atoms with Gasteiger partial charge < -0.3 is 10.1 Å². The first-order valence-electron chi connectivity index (χ1n) is 5.43. The van der Waals surface area contributed by atoms with Crippen molar-refractivity contribution in [3.8, 4) is 0 Å². The van der Waals surface area contributed by atoms with E-state index >= 15 is 0 Å². The summed E-state index contributed by atoms with van der Waals surface area (Å²) in [6, 6.07) is 6.11. The molecule has 3 nitrogen and oxygen atoms in total. The molecule has 0 bridgehead atoms. The minimum absolute atomic E-state index is 0.0902. The summed E-state index contributed by atoms with van der Waals surface area (Å²) in [5.41, 5.74) is 9.33. The van der Waals surface area contributed by atoms with E-state index in [0.29, 0.717) is 0 Å². The van der Waals surface area contributed by atoms with Crippen molar-refractivity contribution in [1.29, 1.82) is 0 Å². The number of nitrogens with zero attached hydrogens (tertiary/aromatic N) is 2. The molecular weight excluding hydrogens is 186 g/mol. The molecule has 0 aromatic carbocycles. The molecule has 1 unspecified atom stereocenters. The number of aromatic nitrogens is 2. The van der Waals surface area contributed by atoms with Gasteiger partial charge in [0.05, 0.1) is 11.4 Å². The van der Waals surface area contributed by atoms with E-state index in [2.05, 4.69) is 16.3 Å². The first kappa shape index (κ1) is 10.2. The summed E-state index contributed by atoms with van der Waals surface area (Å²) in [6.07, 6.45) is 4.13. The quantitative estimate of drug-likeness (QED) is 0.832. The highest BCUT2D eigenvalue weighted by Gasteiger charge is 2.14. The van der Waals surface area contributed by atoms with E-state index in [9.17, 15) is 0 Å². The summed E-state index contributed by atoms with van der Waals surface area (Å²) in [6.45, 7) is 4.18. The maximum absolute atomic E-state index is 6.16. The van der Waals surface area contributed by atoms with Crippen LogP contribution in [-0.2, 0) is 0 Å². The summed E-state index contributed by atoms with van der Waals surface area (Å²) >= 11 is 0. The molecule has 2 aromatic rings. The first-order valence-corrected chi connectivity index (χ1v) is 5.43. The zero-order valence-corrected chi connectivity index (χ0v) is 9.27. The zero-order chi connectivity index (χ0) is 10.8. The Morgan fingerprint density at radius 3 is 3.00 bits per heavy atom. The molecule has 2 heterocycles. The van der Waals surface area contributed by atoms with Crippen LogP contribution in [0, 0.1) is 6.92 Å². The van der Waals surface area contributed by atoms with Crippen LogP contribution >= 0.6 is 0 Å². The summed E-state index contributed by atoms with van der Waals surface area (Å²) in [4.78, 5) is 4.50. The molecule has 0 spiro atoms. The van der Waals surface area contributed by atoms with E-state index in [1.807, 2.05) is 31.3 Å². The first-order chi connectivity index (χ1) is 7.24. The number of imidazole rings is 1. The van der Waals surface area contributed by atoms with Crippen LogP contribution in [0.2, 0.25) is 0 Å². The van der Waals surface area contributed by atoms with E-state index in [0.717, 1.165) is 29.9 Å². The van der Waals surface area contributed by atoms with E-state index in [-0.39, 0.29) is 6.04 Å². The summed E-state index contributed by atoms with van der Waals surface area (Å²) in [5.74, 6) is 0. The van der Waals surface area contributed by atoms with Gasteiger partial charge in [-0.1, -0.05) is 19.4 Å².